The first-order valence-corrected chi connectivity index (χ1v) is 5.75. The molecule has 2 heterocycles. The van der Waals surface area contributed by atoms with Gasteiger partial charge >= 0.3 is 0 Å². The molecule has 2 rings (SSSR count). The predicted octanol–water partition coefficient (Wildman–Crippen LogP) is 0.305. The van der Waals surface area contributed by atoms with E-state index in [1.54, 1.807) is 0 Å². The lowest BCUT2D eigenvalue weighted by molar-refractivity contribution is 0.0278. The second-order valence-electron chi connectivity index (χ2n) is 4.46. The van der Waals surface area contributed by atoms with Gasteiger partial charge in [0.2, 0.25) is 0 Å². The van der Waals surface area contributed by atoms with E-state index in [1.807, 2.05) is 0 Å². The van der Waals surface area contributed by atoms with Crippen molar-refractivity contribution in [2.75, 3.05) is 39.8 Å². The summed E-state index contributed by atoms with van der Waals surface area (Å²) in [6.45, 7) is 4.94. The number of ether oxygens (including phenoxy) is 1. The molecule has 84 valence electrons. The standard InChI is InChI=1S/C11H19N3O/c1-13-4-6-14(7-5-13)10(9-12)11-3-2-8-15-11/h10-11H,2-8H2,1H3. The minimum absolute atomic E-state index is 0.0267. The average Bonchev–Trinajstić information content (AvgIpc) is 2.75. The fourth-order valence-corrected chi connectivity index (χ4v) is 2.35. The number of nitrogens with zero attached hydrogens (tertiary/aromatic N) is 3. The van der Waals surface area contributed by atoms with E-state index >= 15 is 0 Å². The normalized spacial score (nSPS) is 31.3. The van der Waals surface area contributed by atoms with Gasteiger partial charge in [-0.25, -0.2) is 0 Å². The highest BCUT2D eigenvalue weighted by atomic mass is 16.5. The van der Waals surface area contributed by atoms with Crippen LogP contribution in [0.5, 0.6) is 0 Å². The summed E-state index contributed by atoms with van der Waals surface area (Å²) in [5.74, 6) is 0. The molecule has 0 amide bonds. The van der Waals surface area contributed by atoms with Crippen LogP contribution in [0.1, 0.15) is 12.8 Å². The van der Waals surface area contributed by atoms with Crippen LogP contribution in [0.25, 0.3) is 0 Å². The third-order valence-electron chi connectivity index (χ3n) is 3.38. The van der Waals surface area contributed by atoms with Crippen molar-refractivity contribution in [3.05, 3.63) is 0 Å². The zero-order chi connectivity index (χ0) is 10.7. The van der Waals surface area contributed by atoms with Crippen LogP contribution < -0.4 is 0 Å². The maximum absolute atomic E-state index is 9.22. The van der Waals surface area contributed by atoms with Crippen molar-refractivity contribution in [2.24, 2.45) is 0 Å². The smallest absolute Gasteiger partial charge is 0.124 e. The summed E-state index contributed by atoms with van der Waals surface area (Å²) < 4.78 is 5.61. The van der Waals surface area contributed by atoms with Gasteiger partial charge in [-0.2, -0.15) is 5.26 Å². The van der Waals surface area contributed by atoms with E-state index in [9.17, 15) is 5.26 Å². The SMILES string of the molecule is CN1CCN(C(C#N)C2CCCO2)CC1. The fourth-order valence-electron chi connectivity index (χ4n) is 2.35. The molecule has 2 fully saturated rings. The molecule has 4 nitrogen and oxygen atoms in total. The first kappa shape index (κ1) is 10.9. The van der Waals surface area contributed by atoms with Crippen LogP contribution in [0.2, 0.25) is 0 Å². The Morgan fingerprint density at radius 3 is 2.60 bits per heavy atom. The maximum Gasteiger partial charge on any atom is 0.124 e. The summed E-state index contributed by atoms with van der Waals surface area (Å²) >= 11 is 0. The Kier molecular flexibility index (Phi) is 3.57. The zero-order valence-corrected chi connectivity index (χ0v) is 9.35. The molecule has 0 aliphatic carbocycles. The monoisotopic (exact) mass is 209 g/mol. The summed E-state index contributed by atoms with van der Waals surface area (Å²) in [6.07, 6.45) is 2.31. The Morgan fingerprint density at radius 2 is 2.07 bits per heavy atom. The minimum Gasteiger partial charge on any atom is -0.375 e. The molecule has 0 aromatic carbocycles. The molecule has 15 heavy (non-hydrogen) atoms. The van der Waals surface area contributed by atoms with E-state index in [-0.39, 0.29) is 12.1 Å². The highest BCUT2D eigenvalue weighted by molar-refractivity contribution is 5.00. The number of hydrogen-bond donors (Lipinski definition) is 0. The maximum atomic E-state index is 9.22. The van der Waals surface area contributed by atoms with Gasteiger partial charge in [-0.1, -0.05) is 0 Å². The summed E-state index contributed by atoms with van der Waals surface area (Å²) in [5, 5.41) is 9.22. The minimum atomic E-state index is -0.0267. The van der Waals surface area contributed by atoms with E-state index < -0.39 is 0 Å². The number of nitriles is 1. The molecule has 0 bridgehead atoms. The molecule has 2 aliphatic heterocycles. The van der Waals surface area contributed by atoms with Crippen LogP contribution in [0.15, 0.2) is 0 Å². The van der Waals surface area contributed by atoms with Gasteiger partial charge in [-0.15, -0.1) is 0 Å². The average molecular weight is 209 g/mol. The second-order valence-corrected chi connectivity index (χ2v) is 4.46. The molecule has 0 N–H and O–H groups in total. The topological polar surface area (TPSA) is 39.5 Å². The first-order valence-electron chi connectivity index (χ1n) is 5.75. The third kappa shape index (κ3) is 2.49. The Morgan fingerprint density at radius 1 is 1.33 bits per heavy atom. The molecule has 0 aromatic heterocycles. The van der Waals surface area contributed by atoms with Gasteiger partial charge in [0.15, 0.2) is 0 Å². The Bertz CT molecular complexity index is 237. The van der Waals surface area contributed by atoms with Crippen LogP contribution in [-0.2, 0) is 4.74 Å². The van der Waals surface area contributed by atoms with Crippen molar-refractivity contribution in [3.63, 3.8) is 0 Å². The number of likely N-dealkylation sites (N-methyl/N-ethyl adjacent to an activating group) is 1. The highest BCUT2D eigenvalue weighted by Crippen LogP contribution is 2.20. The van der Waals surface area contributed by atoms with Crippen LogP contribution in [0.4, 0.5) is 0 Å². The summed E-state index contributed by atoms with van der Waals surface area (Å²) in [7, 11) is 2.13. The van der Waals surface area contributed by atoms with Crippen molar-refractivity contribution in [3.8, 4) is 6.07 Å². The molecule has 0 aromatic rings. The third-order valence-corrected chi connectivity index (χ3v) is 3.38. The van der Waals surface area contributed by atoms with Crippen molar-refractivity contribution < 1.29 is 4.74 Å². The molecule has 2 atom stereocenters. The van der Waals surface area contributed by atoms with E-state index in [2.05, 4.69) is 22.9 Å². The largest absolute Gasteiger partial charge is 0.375 e. The van der Waals surface area contributed by atoms with Gasteiger partial charge in [0, 0.05) is 32.8 Å². The van der Waals surface area contributed by atoms with Crippen molar-refractivity contribution in [2.45, 2.75) is 25.0 Å². The molecule has 2 unspecified atom stereocenters. The number of rotatable bonds is 2. The number of hydrogen-bond acceptors (Lipinski definition) is 4. The lowest BCUT2D eigenvalue weighted by Gasteiger charge is -2.36. The van der Waals surface area contributed by atoms with E-state index in [0.717, 1.165) is 45.6 Å². The van der Waals surface area contributed by atoms with Gasteiger partial charge in [-0.3, -0.25) is 4.90 Å². The van der Waals surface area contributed by atoms with Gasteiger partial charge in [-0.05, 0) is 19.9 Å². The molecule has 0 radical (unpaired) electrons. The van der Waals surface area contributed by atoms with Crippen LogP contribution in [0, 0.1) is 11.3 Å². The fraction of sp³-hybridized carbons (Fsp3) is 0.909. The lowest BCUT2D eigenvalue weighted by Crippen LogP contribution is -2.52. The molecule has 2 aliphatic rings. The second kappa shape index (κ2) is 4.93. The molecular formula is C11H19N3O. The zero-order valence-electron chi connectivity index (χ0n) is 9.35. The van der Waals surface area contributed by atoms with E-state index in [4.69, 9.17) is 4.74 Å². The molecule has 0 spiro atoms. The van der Waals surface area contributed by atoms with Gasteiger partial charge < -0.3 is 9.64 Å². The van der Waals surface area contributed by atoms with Crippen LogP contribution in [-0.4, -0.2) is 61.8 Å². The summed E-state index contributed by atoms with van der Waals surface area (Å²) in [5.41, 5.74) is 0. The molecule has 4 heteroatoms. The predicted molar refractivity (Wildman–Crippen MR) is 57.4 cm³/mol. The van der Waals surface area contributed by atoms with Crippen molar-refractivity contribution >= 4 is 0 Å². The highest BCUT2D eigenvalue weighted by Gasteiger charge is 2.32. The van der Waals surface area contributed by atoms with Gasteiger partial charge in [0.25, 0.3) is 0 Å². The van der Waals surface area contributed by atoms with E-state index in [0.29, 0.717) is 0 Å². The number of piperazine rings is 1. The van der Waals surface area contributed by atoms with Gasteiger partial charge in [0.1, 0.15) is 6.04 Å². The summed E-state index contributed by atoms with van der Waals surface area (Å²) in [6, 6.07) is 2.38. The van der Waals surface area contributed by atoms with Crippen LogP contribution >= 0.6 is 0 Å². The Balaban J connectivity index is 1.92. The lowest BCUT2D eigenvalue weighted by atomic mass is 10.1. The van der Waals surface area contributed by atoms with Crippen molar-refractivity contribution in [1.29, 1.82) is 5.26 Å². The summed E-state index contributed by atoms with van der Waals surface area (Å²) in [4.78, 5) is 4.58. The molecule has 2 saturated heterocycles. The molecular weight excluding hydrogens is 190 g/mol. The van der Waals surface area contributed by atoms with Gasteiger partial charge in [0.05, 0.1) is 12.2 Å². The molecule has 0 saturated carbocycles. The van der Waals surface area contributed by atoms with E-state index in [1.165, 1.54) is 0 Å². The quantitative estimate of drug-likeness (QED) is 0.656. The van der Waals surface area contributed by atoms with Crippen LogP contribution in [0.3, 0.4) is 0 Å². The first-order chi connectivity index (χ1) is 7.31. The van der Waals surface area contributed by atoms with Crippen molar-refractivity contribution in [1.82, 2.24) is 9.80 Å². The Labute approximate surface area is 91.4 Å². The Hall–Kier alpha value is -0.630.